The van der Waals surface area contributed by atoms with Crippen molar-refractivity contribution in [3.63, 3.8) is 0 Å². The number of rotatable bonds is 6. The predicted octanol–water partition coefficient (Wildman–Crippen LogP) is 2.34. The third-order valence-corrected chi connectivity index (χ3v) is 3.28. The maximum atomic E-state index is 11.0. The average molecular weight is 265 g/mol. The molecule has 0 fully saturated rings. The summed E-state index contributed by atoms with van der Waals surface area (Å²) in [5, 5.41) is 13.0. The fraction of sp³-hybridized carbons (Fsp3) is 0.533. The molecular weight excluding hydrogens is 242 g/mol. The number of hydrogen-bond acceptors (Lipinski definition) is 4. The second-order valence-electron chi connectivity index (χ2n) is 4.90. The van der Waals surface area contributed by atoms with Gasteiger partial charge in [-0.05, 0) is 49.9 Å². The van der Waals surface area contributed by atoms with Crippen molar-refractivity contribution in [2.75, 3.05) is 19.0 Å². The first-order chi connectivity index (χ1) is 8.93. The van der Waals surface area contributed by atoms with E-state index in [0.717, 1.165) is 11.3 Å². The van der Waals surface area contributed by atoms with Gasteiger partial charge in [-0.3, -0.25) is 4.79 Å². The van der Waals surface area contributed by atoms with Gasteiger partial charge in [0.05, 0.1) is 13.2 Å². The van der Waals surface area contributed by atoms with Gasteiger partial charge in [-0.25, -0.2) is 0 Å². The van der Waals surface area contributed by atoms with Crippen LogP contribution in [0.3, 0.4) is 0 Å². The third kappa shape index (κ3) is 4.91. The van der Waals surface area contributed by atoms with Crippen molar-refractivity contribution < 1.29 is 14.6 Å². The maximum absolute atomic E-state index is 11.0. The molecule has 1 aromatic rings. The van der Waals surface area contributed by atoms with Crippen molar-refractivity contribution in [3.05, 3.63) is 28.8 Å². The van der Waals surface area contributed by atoms with E-state index in [4.69, 9.17) is 0 Å². The molecule has 1 rings (SSSR count). The molecule has 1 unspecified atom stereocenters. The summed E-state index contributed by atoms with van der Waals surface area (Å²) in [6.07, 6.45) is 0.0922. The first-order valence-electron chi connectivity index (χ1n) is 6.50. The van der Waals surface area contributed by atoms with Gasteiger partial charge in [0.2, 0.25) is 0 Å². The minimum atomic E-state index is -0.555. The molecule has 19 heavy (non-hydrogen) atoms. The zero-order valence-electron chi connectivity index (χ0n) is 12.1. The molecule has 0 aliphatic heterocycles. The van der Waals surface area contributed by atoms with Gasteiger partial charge in [-0.1, -0.05) is 6.07 Å². The lowest BCUT2D eigenvalue weighted by Gasteiger charge is -2.15. The Labute approximate surface area is 114 Å². The number of carbonyl (C=O) groups is 1. The van der Waals surface area contributed by atoms with Crippen LogP contribution in [-0.2, 0) is 9.53 Å². The van der Waals surface area contributed by atoms with Gasteiger partial charge in [0, 0.05) is 18.7 Å². The summed E-state index contributed by atoms with van der Waals surface area (Å²) in [5.74, 6) is -0.290. The van der Waals surface area contributed by atoms with E-state index >= 15 is 0 Å². The van der Waals surface area contributed by atoms with Gasteiger partial charge in [0.25, 0.3) is 0 Å². The van der Waals surface area contributed by atoms with E-state index in [1.54, 1.807) is 0 Å². The van der Waals surface area contributed by atoms with E-state index in [1.807, 2.05) is 6.92 Å². The fourth-order valence-electron chi connectivity index (χ4n) is 1.87. The minimum absolute atomic E-state index is 0.241. The number of benzene rings is 1. The zero-order valence-corrected chi connectivity index (χ0v) is 12.1. The SMILES string of the molecule is COC(=O)CCC(O)CNc1cc(C)c(C)cc1C. The van der Waals surface area contributed by atoms with Crippen LogP contribution < -0.4 is 5.32 Å². The van der Waals surface area contributed by atoms with Crippen LogP contribution in [0.15, 0.2) is 12.1 Å². The molecule has 0 aliphatic rings. The predicted molar refractivity (Wildman–Crippen MR) is 76.4 cm³/mol. The summed E-state index contributed by atoms with van der Waals surface area (Å²) in [4.78, 5) is 11.0. The van der Waals surface area contributed by atoms with Gasteiger partial charge in [-0.2, -0.15) is 0 Å². The Bertz CT molecular complexity index is 443. The number of ether oxygens (including phenoxy) is 1. The average Bonchev–Trinajstić information content (AvgIpc) is 2.38. The smallest absolute Gasteiger partial charge is 0.305 e. The monoisotopic (exact) mass is 265 g/mol. The molecule has 0 saturated heterocycles. The van der Waals surface area contributed by atoms with Crippen molar-refractivity contribution in [2.45, 2.75) is 39.7 Å². The highest BCUT2D eigenvalue weighted by Gasteiger charge is 2.09. The van der Waals surface area contributed by atoms with Gasteiger partial charge < -0.3 is 15.2 Å². The lowest BCUT2D eigenvalue weighted by Crippen LogP contribution is -2.21. The van der Waals surface area contributed by atoms with Crippen molar-refractivity contribution in [1.82, 2.24) is 0 Å². The van der Waals surface area contributed by atoms with Crippen LogP contribution in [0.5, 0.6) is 0 Å². The molecule has 4 heteroatoms. The van der Waals surface area contributed by atoms with E-state index < -0.39 is 6.10 Å². The van der Waals surface area contributed by atoms with E-state index in [1.165, 1.54) is 18.2 Å². The Morgan fingerprint density at radius 1 is 1.26 bits per heavy atom. The molecule has 0 aromatic heterocycles. The molecule has 2 N–H and O–H groups in total. The van der Waals surface area contributed by atoms with E-state index in [0.29, 0.717) is 13.0 Å². The van der Waals surface area contributed by atoms with Crippen LogP contribution in [0.25, 0.3) is 0 Å². The quantitative estimate of drug-likeness (QED) is 0.775. The Balaban J connectivity index is 2.48. The third-order valence-electron chi connectivity index (χ3n) is 3.28. The van der Waals surface area contributed by atoms with Gasteiger partial charge >= 0.3 is 5.97 Å². The number of methoxy groups -OCH3 is 1. The number of anilines is 1. The lowest BCUT2D eigenvalue weighted by atomic mass is 10.0. The Hall–Kier alpha value is -1.55. The van der Waals surface area contributed by atoms with Crippen molar-refractivity contribution >= 4 is 11.7 Å². The van der Waals surface area contributed by atoms with Crippen LogP contribution in [0.4, 0.5) is 5.69 Å². The molecule has 0 aliphatic carbocycles. The molecular formula is C15H23NO3. The van der Waals surface area contributed by atoms with Crippen molar-refractivity contribution in [1.29, 1.82) is 0 Å². The van der Waals surface area contributed by atoms with Gasteiger partial charge in [0.1, 0.15) is 0 Å². The van der Waals surface area contributed by atoms with Crippen LogP contribution in [0.2, 0.25) is 0 Å². The summed E-state index contributed by atoms with van der Waals surface area (Å²) < 4.78 is 4.54. The van der Waals surface area contributed by atoms with Crippen LogP contribution >= 0.6 is 0 Å². The largest absolute Gasteiger partial charge is 0.469 e. The molecule has 0 spiro atoms. The Morgan fingerprint density at radius 3 is 2.53 bits per heavy atom. The summed E-state index contributed by atoms with van der Waals surface area (Å²) in [6, 6.07) is 4.20. The molecule has 0 saturated carbocycles. The molecule has 4 nitrogen and oxygen atoms in total. The summed E-state index contributed by atoms with van der Waals surface area (Å²) >= 11 is 0. The molecule has 0 bridgehead atoms. The van der Waals surface area contributed by atoms with Crippen LogP contribution in [-0.4, -0.2) is 30.8 Å². The lowest BCUT2D eigenvalue weighted by molar-refractivity contribution is -0.141. The normalized spacial score (nSPS) is 12.1. The second-order valence-corrected chi connectivity index (χ2v) is 4.90. The highest BCUT2D eigenvalue weighted by molar-refractivity contribution is 5.69. The second kappa shape index (κ2) is 7.14. The number of aliphatic hydroxyl groups is 1. The molecule has 1 atom stereocenters. The first-order valence-corrected chi connectivity index (χ1v) is 6.50. The zero-order chi connectivity index (χ0) is 14.4. The standard InChI is InChI=1S/C15H23NO3/c1-10-7-12(3)14(8-11(10)2)16-9-13(17)5-6-15(18)19-4/h7-8,13,16-17H,5-6,9H2,1-4H3. The van der Waals surface area contributed by atoms with E-state index in [9.17, 15) is 9.90 Å². The van der Waals surface area contributed by atoms with E-state index in [2.05, 4.69) is 36.0 Å². The van der Waals surface area contributed by atoms with E-state index in [-0.39, 0.29) is 12.4 Å². The number of nitrogens with one attached hydrogen (secondary N) is 1. The van der Waals surface area contributed by atoms with Crippen LogP contribution in [0.1, 0.15) is 29.5 Å². The van der Waals surface area contributed by atoms with Gasteiger partial charge in [0.15, 0.2) is 0 Å². The first kappa shape index (κ1) is 15.5. The number of carbonyl (C=O) groups excluding carboxylic acids is 1. The van der Waals surface area contributed by atoms with Crippen molar-refractivity contribution in [3.8, 4) is 0 Å². The molecule has 106 valence electrons. The highest BCUT2D eigenvalue weighted by atomic mass is 16.5. The fourth-order valence-corrected chi connectivity index (χ4v) is 1.87. The summed E-state index contributed by atoms with van der Waals surface area (Å²) in [7, 11) is 1.35. The number of hydrogen-bond donors (Lipinski definition) is 2. The highest BCUT2D eigenvalue weighted by Crippen LogP contribution is 2.20. The van der Waals surface area contributed by atoms with Gasteiger partial charge in [-0.15, -0.1) is 0 Å². The summed E-state index contributed by atoms with van der Waals surface area (Å²) in [6.45, 7) is 6.61. The molecule has 1 aromatic carbocycles. The molecule has 0 heterocycles. The Morgan fingerprint density at radius 2 is 1.89 bits per heavy atom. The topological polar surface area (TPSA) is 58.6 Å². The maximum Gasteiger partial charge on any atom is 0.305 e. The molecule has 0 radical (unpaired) electrons. The Kier molecular flexibility index (Phi) is 5.83. The van der Waals surface area contributed by atoms with Crippen LogP contribution in [0, 0.1) is 20.8 Å². The van der Waals surface area contributed by atoms with Crippen molar-refractivity contribution in [2.24, 2.45) is 0 Å². The summed E-state index contributed by atoms with van der Waals surface area (Å²) in [5.41, 5.74) is 4.66. The number of aliphatic hydroxyl groups excluding tert-OH is 1. The molecule has 0 amide bonds. The number of esters is 1. The number of aryl methyl sites for hydroxylation is 3. The minimum Gasteiger partial charge on any atom is -0.469 e.